The van der Waals surface area contributed by atoms with Crippen LogP contribution in [0.2, 0.25) is 0 Å². The van der Waals surface area contributed by atoms with Gasteiger partial charge in [0.25, 0.3) is 5.71 Å². The first kappa shape index (κ1) is 9.38. The van der Waals surface area contributed by atoms with Crippen LogP contribution >= 0.6 is 0 Å². The van der Waals surface area contributed by atoms with E-state index in [9.17, 15) is 4.79 Å². The molecule has 2 heterocycles. The van der Waals surface area contributed by atoms with Crippen LogP contribution in [-0.4, -0.2) is 32.2 Å². The maximum absolute atomic E-state index is 10.6. The number of anilines is 1. The molecule has 0 bridgehead atoms. The van der Waals surface area contributed by atoms with Crippen LogP contribution in [0.4, 0.5) is 5.95 Å². The van der Waals surface area contributed by atoms with E-state index in [0.717, 1.165) is 0 Å². The van der Waals surface area contributed by atoms with Gasteiger partial charge in [-0.2, -0.15) is 4.98 Å². The maximum Gasteiger partial charge on any atom is 0.325 e. The van der Waals surface area contributed by atoms with Gasteiger partial charge in [0, 0.05) is 6.20 Å². The Labute approximate surface area is 84.1 Å². The van der Waals surface area contributed by atoms with Gasteiger partial charge < -0.3 is 14.9 Å². The number of carboxylic acids is 1. The van der Waals surface area contributed by atoms with Gasteiger partial charge in [0.2, 0.25) is 5.95 Å². The summed E-state index contributed by atoms with van der Waals surface area (Å²) in [5.41, 5.74) is 0.324. The first-order valence-electron chi connectivity index (χ1n) is 4.23. The summed E-state index contributed by atoms with van der Waals surface area (Å²) < 4.78 is 4.81. The Bertz CT molecular complexity index is 495. The van der Waals surface area contributed by atoms with Crippen LogP contribution in [0, 0.1) is 0 Å². The van der Waals surface area contributed by atoms with Crippen LogP contribution in [0.25, 0.3) is 11.1 Å². The standard InChI is InChI=1S/C8H8N4O3/c1-4(7(13)14)11-8-9-2-5-3-10-15-6(5)12-8/h2-4H,1H3,(H,13,14)(H,9,11,12). The van der Waals surface area contributed by atoms with E-state index in [1.54, 1.807) is 0 Å². The normalized spacial score (nSPS) is 12.6. The maximum atomic E-state index is 10.6. The van der Waals surface area contributed by atoms with Crippen molar-refractivity contribution < 1.29 is 14.4 Å². The van der Waals surface area contributed by atoms with Crippen LogP contribution in [0.1, 0.15) is 6.92 Å². The molecule has 0 amide bonds. The Balaban J connectivity index is 2.24. The van der Waals surface area contributed by atoms with Crippen LogP contribution in [0.5, 0.6) is 0 Å². The molecule has 2 N–H and O–H groups in total. The van der Waals surface area contributed by atoms with Gasteiger partial charge in [-0.1, -0.05) is 5.16 Å². The van der Waals surface area contributed by atoms with Crippen molar-refractivity contribution in [1.82, 2.24) is 15.1 Å². The molecule has 15 heavy (non-hydrogen) atoms. The fourth-order valence-corrected chi connectivity index (χ4v) is 0.995. The second-order valence-corrected chi connectivity index (χ2v) is 2.98. The van der Waals surface area contributed by atoms with Crippen LogP contribution < -0.4 is 5.32 Å². The van der Waals surface area contributed by atoms with E-state index in [-0.39, 0.29) is 5.95 Å². The monoisotopic (exact) mass is 208 g/mol. The van der Waals surface area contributed by atoms with E-state index < -0.39 is 12.0 Å². The Morgan fingerprint density at radius 1 is 1.60 bits per heavy atom. The second kappa shape index (κ2) is 3.52. The van der Waals surface area contributed by atoms with Gasteiger partial charge in [-0.3, -0.25) is 4.79 Å². The zero-order valence-electron chi connectivity index (χ0n) is 7.84. The van der Waals surface area contributed by atoms with Crippen LogP contribution in [0.3, 0.4) is 0 Å². The lowest BCUT2D eigenvalue weighted by atomic mass is 10.3. The van der Waals surface area contributed by atoms with Gasteiger partial charge in [-0.05, 0) is 6.92 Å². The SMILES string of the molecule is CC(Nc1ncc2cnoc2n1)C(=O)O. The summed E-state index contributed by atoms with van der Waals surface area (Å²) >= 11 is 0. The Morgan fingerprint density at radius 3 is 3.13 bits per heavy atom. The van der Waals surface area contributed by atoms with Crippen molar-refractivity contribution in [2.24, 2.45) is 0 Å². The third kappa shape index (κ3) is 1.85. The molecule has 0 spiro atoms. The molecule has 0 saturated carbocycles. The lowest BCUT2D eigenvalue weighted by Crippen LogP contribution is -2.26. The van der Waals surface area contributed by atoms with Gasteiger partial charge in [0.05, 0.1) is 11.6 Å². The summed E-state index contributed by atoms with van der Waals surface area (Å²) in [6, 6.07) is -0.759. The van der Waals surface area contributed by atoms with E-state index in [4.69, 9.17) is 9.63 Å². The molecule has 2 aromatic heterocycles. The van der Waals surface area contributed by atoms with Crippen molar-refractivity contribution in [3.8, 4) is 0 Å². The predicted octanol–water partition coefficient (Wildman–Crippen LogP) is 0.503. The molecule has 1 atom stereocenters. The highest BCUT2D eigenvalue weighted by atomic mass is 16.5. The molecule has 0 radical (unpaired) electrons. The molecule has 78 valence electrons. The van der Waals surface area contributed by atoms with Crippen molar-refractivity contribution in [2.45, 2.75) is 13.0 Å². The third-order valence-electron chi connectivity index (χ3n) is 1.83. The Kier molecular flexibility index (Phi) is 2.20. The highest BCUT2D eigenvalue weighted by molar-refractivity contribution is 5.77. The zero-order chi connectivity index (χ0) is 10.8. The second-order valence-electron chi connectivity index (χ2n) is 2.98. The predicted molar refractivity (Wildman–Crippen MR) is 50.3 cm³/mol. The summed E-state index contributed by atoms with van der Waals surface area (Å²) in [5, 5.41) is 15.5. The number of nitrogens with one attached hydrogen (secondary N) is 1. The van der Waals surface area contributed by atoms with Crippen LogP contribution in [-0.2, 0) is 4.79 Å². The lowest BCUT2D eigenvalue weighted by molar-refractivity contribution is -0.137. The molecule has 0 aliphatic carbocycles. The average molecular weight is 208 g/mol. The largest absolute Gasteiger partial charge is 0.480 e. The number of fused-ring (bicyclic) bond motifs is 1. The number of carbonyl (C=O) groups is 1. The minimum absolute atomic E-state index is 0.203. The summed E-state index contributed by atoms with van der Waals surface area (Å²) in [7, 11) is 0. The van der Waals surface area contributed by atoms with Crippen molar-refractivity contribution in [3.05, 3.63) is 12.4 Å². The number of rotatable bonds is 3. The molecule has 0 fully saturated rings. The number of carboxylic acid groups (broad SMARTS) is 1. The number of aliphatic carboxylic acids is 1. The minimum Gasteiger partial charge on any atom is -0.480 e. The van der Waals surface area contributed by atoms with Crippen molar-refractivity contribution in [1.29, 1.82) is 0 Å². The molecule has 1 unspecified atom stereocenters. The third-order valence-corrected chi connectivity index (χ3v) is 1.83. The summed E-state index contributed by atoms with van der Waals surface area (Å²) in [4.78, 5) is 18.4. The molecule has 0 aromatic carbocycles. The zero-order valence-corrected chi connectivity index (χ0v) is 7.84. The molecule has 7 heteroatoms. The number of nitrogens with zero attached hydrogens (tertiary/aromatic N) is 3. The summed E-state index contributed by atoms with van der Waals surface area (Å²) in [5.74, 6) is -0.773. The first-order valence-corrected chi connectivity index (χ1v) is 4.23. The van der Waals surface area contributed by atoms with E-state index in [2.05, 4.69) is 20.4 Å². The number of hydrogen-bond acceptors (Lipinski definition) is 6. The van der Waals surface area contributed by atoms with Gasteiger partial charge in [0.1, 0.15) is 6.04 Å². The van der Waals surface area contributed by atoms with Gasteiger partial charge in [0.15, 0.2) is 0 Å². The Morgan fingerprint density at radius 2 is 2.40 bits per heavy atom. The van der Waals surface area contributed by atoms with Gasteiger partial charge in [-0.25, -0.2) is 4.98 Å². The van der Waals surface area contributed by atoms with Gasteiger partial charge in [-0.15, -0.1) is 0 Å². The first-order chi connectivity index (χ1) is 7.16. The average Bonchev–Trinajstić information content (AvgIpc) is 2.64. The fourth-order valence-electron chi connectivity index (χ4n) is 0.995. The highest BCUT2D eigenvalue weighted by Gasteiger charge is 2.12. The molecular weight excluding hydrogens is 200 g/mol. The highest BCUT2D eigenvalue weighted by Crippen LogP contribution is 2.11. The topological polar surface area (TPSA) is 101 Å². The van der Waals surface area contributed by atoms with Crippen molar-refractivity contribution in [3.63, 3.8) is 0 Å². The minimum atomic E-state index is -0.976. The fraction of sp³-hybridized carbons (Fsp3) is 0.250. The smallest absolute Gasteiger partial charge is 0.325 e. The summed E-state index contributed by atoms with van der Waals surface area (Å²) in [6.07, 6.45) is 3.00. The van der Waals surface area contributed by atoms with E-state index in [0.29, 0.717) is 11.1 Å². The Hall–Kier alpha value is -2.18. The molecule has 7 nitrogen and oxygen atoms in total. The van der Waals surface area contributed by atoms with Crippen molar-refractivity contribution >= 4 is 23.0 Å². The number of hydrogen-bond donors (Lipinski definition) is 2. The van der Waals surface area contributed by atoms with E-state index >= 15 is 0 Å². The molecular formula is C8H8N4O3. The van der Waals surface area contributed by atoms with E-state index in [1.165, 1.54) is 19.3 Å². The number of aromatic nitrogens is 3. The summed E-state index contributed by atoms with van der Waals surface area (Å²) in [6.45, 7) is 1.50. The van der Waals surface area contributed by atoms with Gasteiger partial charge >= 0.3 is 5.97 Å². The molecule has 0 aliphatic heterocycles. The molecule has 0 saturated heterocycles. The van der Waals surface area contributed by atoms with Crippen molar-refractivity contribution in [2.75, 3.05) is 5.32 Å². The molecule has 2 rings (SSSR count). The quantitative estimate of drug-likeness (QED) is 0.757. The van der Waals surface area contributed by atoms with Crippen LogP contribution in [0.15, 0.2) is 16.9 Å². The van der Waals surface area contributed by atoms with E-state index in [1.807, 2.05) is 0 Å². The molecule has 0 aliphatic rings. The molecule has 2 aromatic rings. The lowest BCUT2D eigenvalue weighted by Gasteiger charge is -2.07.